The quantitative estimate of drug-likeness (QED) is 0.325. The zero-order chi connectivity index (χ0) is 21.7. The van der Waals surface area contributed by atoms with Gasteiger partial charge in [0.25, 0.3) is 0 Å². The summed E-state index contributed by atoms with van der Waals surface area (Å²) in [6, 6.07) is 0. The predicted octanol–water partition coefficient (Wildman–Crippen LogP) is -6.11. The first-order valence-corrected chi connectivity index (χ1v) is 11.0. The Balaban J connectivity index is 0.00000144. The predicted molar refractivity (Wildman–Crippen MR) is 99.3 cm³/mol. The van der Waals surface area contributed by atoms with Gasteiger partial charge in [0, 0.05) is 41.0 Å². The molecule has 0 amide bonds. The Morgan fingerprint density at radius 2 is 1.91 bits per heavy atom. The van der Waals surface area contributed by atoms with Gasteiger partial charge >= 0.3 is 59.1 Å². The minimum absolute atomic E-state index is 0. The van der Waals surface area contributed by atoms with Crippen LogP contribution in [0, 0.1) is 28.6 Å². The van der Waals surface area contributed by atoms with Gasteiger partial charge in [-0.05, 0) is 56.9 Å². The first-order valence-electron chi connectivity index (χ1n) is 11.0. The van der Waals surface area contributed by atoms with Crippen molar-refractivity contribution in [1.82, 2.24) is 0 Å². The number of ether oxygens (including phenoxy) is 1. The second kappa shape index (κ2) is 8.44. The number of hydrogen-bond donors (Lipinski definition) is 1. The van der Waals surface area contributed by atoms with Crippen LogP contribution >= 0.6 is 0 Å². The third kappa shape index (κ3) is 3.33. The number of epoxide rings is 1. The van der Waals surface area contributed by atoms with Crippen molar-refractivity contribution >= 4 is 17.7 Å². The van der Waals surface area contributed by atoms with Gasteiger partial charge in [-0.2, -0.15) is 0 Å². The van der Waals surface area contributed by atoms with Crippen LogP contribution in [0.4, 0.5) is 0 Å². The average molecular weight is 462 g/mol. The van der Waals surface area contributed by atoms with Crippen LogP contribution in [0.2, 0.25) is 0 Å². The van der Waals surface area contributed by atoms with Crippen molar-refractivity contribution in [2.45, 2.75) is 82.5 Å². The van der Waals surface area contributed by atoms with Crippen molar-refractivity contribution in [3.05, 3.63) is 11.6 Å². The van der Waals surface area contributed by atoms with Crippen molar-refractivity contribution in [3.8, 4) is 0 Å². The Hall–Kier alpha value is 0.270. The van der Waals surface area contributed by atoms with Gasteiger partial charge in [-0.25, -0.2) is 0 Å². The molecule has 1 N–H and O–H groups in total. The van der Waals surface area contributed by atoms with Gasteiger partial charge < -0.3 is 29.6 Å². The molecule has 32 heavy (non-hydrogen) atoms. The van der Waals surface area contributed by atoms with E-state index in [1.54, 1.807) is 6.08 Å². The average Bonchev–Trinajstić information content (AvgIpc) is 3.32. The first kappa shape index (κ1) is 26.9. The van der Waals surface area contributed by atoms with E-state index in [0.29, 0.717) is 32.1 Å². The zero-order valence-corrected chi connectivity index (χ0v) is 23.4. The molecule has 2 unspecified atom stereocenters. The molecule has 8 atom stereocenters. The summed E-state index contributed by atoms with van der Waals surface area (Å²) < 4.78 is 6.40. The van der Waals surface area contributed by atoms with E-state index in [1.807, 2.05) is 6.92 Å². The monoisotopic (exact) mass is 462 g/mol. The van der Waals surface area contributed by atoms with Gasteiger partial charge in [-0.15, -0.1) is 0 Å². The fourth-order valence-electron chi connectivity index (χ4n) is 8.07. The van der Waals surface area contributed by atoms with Gasteiger partial charge in [-0.3, -0.25) is 4.79 Å². The fourth-order valence-corrected chi connectivity index (χ4v) is 8.07. The summed E-state index contributed by atoms with van der Waals surface area (Å²) in [5.41, 5.74) is -2.00. The molecule has 1 saturated heterocycles. The fraction of sp³-hybridized carbons (Fsp3) is 0.783. The van der Waals surface area contributed by atoms with E-state index in [-0.39, 0.29) is 102 Å². The topological polar surface area (TPSA) is 130 Å². The maximum absolute atomic E-state index is 12.3. The maximum atomic E-state index is 12.3. The summed E-state index contributed by atoms with van der Waals surface area (Å²) in [5, 5.41) is 34.8. The number of carboxylic acids is 2. The van der Waals surface area contributed by atoms with E-state index < -0.39 is 39.9 Å². The molecule has 4 fully saturated rings. The van der Waals surface area contributed by atoms with Crippen molar-refractivity contribution in [2.75, 3.05) is 0 Å². The molecule has 3 saturated carbocycles. The summed E-state index contributed by atoms with van der Waals surface area (Å²) in [4.78, 5) is 35.4. The van der Waals surface area contributed by atoms with Gasteiger partial charge in [0.05, 0.1) is 11.7 Å². The zero-order valence-electron chi connectivity index (χ0n) is 19.4. The summed E-state index contributed by atoms with van der Waals surface area (Å²) >= 11 is 0. The Bertz CT molecular complexity index is 890. The number of carbonyl (C=O) groups is 3. The number of carbonyl (C=O) groups excluding carboxylic acids is 3. The number of rotatable bonds is 4. The Morgan fingerprint density at radius 3 is 2.53 bits per heavy atom. The maximum Gasteiger partial charge on any atom is 1.00 e. The largest absolute Gasteiger partial charge is 1.00 e. The number of aliphatic hydroxyl groups is 1. The molecule has 0 bridgehead atoms. The van der Waals surface area contributed by atoms with E-state index in [2.05, 4.69) is 6.92 Å². The van der Waals surface area contributed by atoms with Crippen LogP contribution in [0.1, 0.15) is 65.2 Å². The SMILES string of the molecule is C[C@]12CCC(=O)C=C1C[C@@H](C(=O)[O-])C1C3CC[C@@](O)(CCC(=O)[O-])[C@@]3(C)C[C@H]3O[C@@]132.[Na+].[Na+]. The first-order chi connectivity index (χ1) is 14.0. The molecule has 1 aliphatic heterocycles. The van der Waals surface area contributed by atoms with Crippen LogP contribution in [0.3, 0.4) is 0 Å². The molecule has 5 rings (SSSR count). The van der Waals surface area contributed by atoms with Crippen LogP contribution in [0.5, 0.6) is 0 Å². The van der Waals surface area contributed by atoms with E-state index in [1.165, 1.54) is 0 Å². The second-order valence-corrected chi connectivity index (χ2v) is 10.7. The smallest absolute Gasteiger partial charge is 0.550 e. The van der Waals surface area contributed by atoms with E-state index in [4.69, 9.17) is 4.74 Å². The number of ketones is 1. The molecule has 4 aliphatic carbocycles. The summed E-state index contributed by atoms with van der Waals surface area (Å²) in [6.07, 6.45) is 4.27. The van der Waals surface area contributed by atoms with Crippen LogP contribution in [0.25, 0.3) is 0 Å². The summed E-state index contributed by atoms with van der Waals surface area (Å²) in [7, 11) is 0. The Morgan fingerprint density at radius 1 is 1.22 bits per heavy atom. The molecule has 9 heteroatoms. The van der Waals surface area contributed by atoms with Crippen molar-refractivity contribution in [2.24, 2.45) is 28.6 Å². The van der Waals surface area contributed by atoms with Crippen molar-refractivity contribution in [1.29, 1.82) is 0 Å². The number of aliphatic carboxylic acids is 2. The van der Waals surface area contributed by atoms with E-state index in [9.17, 15) is 29.7 Å². The molecule has 0 aromatic carbocycles. The molecule has 164 valence electrons. The van der Waals surface area contributed by atoms with E-state index >= 15 is 0 Å². The molecule has 5 aliphatic rings. The second-order valence-electron chi connectivity index (χ2n) is 10.7. The number of carboxylic acid groups (broad SMARTS) is 2. The van der Waals surface area contributed by atoms with Gasteiger partial charge in [-0.1, -0.05) is 19.4 Å². The van der Waals surface area contributed by atoms with Crippen LogP contribution in [-0.2, 0) is 19.1 Å². The van der Waals surface area contributed by atoms with E-state index in [0.717, 1.165) is 5.57 Å². The molecule has 1 heterocycles. The van der Waals surface area contributed by atoms with Crippen molar-refractivity contribution < 1.29 is 93.6 Å². The van der Waals surface area contributed by atoms with Crippen molar-refractivity contribution in [3.63, 3.8) is 0 Å². The Labute approximate surface area is 232 Å². The number of fused-ring (bicyclic) bond motifs is 3. The molecule has 1 spiro atoms. The van der Waals surface area contributed by atoms with Gasteiger partial charge in [0.1, 0.15) is 5.60 Å². The third-order valence-corrected chi connectivity index (χ3v) is 9.74. The normalized spacial score (nSPS) is 48.0. The standard InChI is InChI=1S/C23H30O7.2Na/c1-20-6-3-13(24)9-12(20)10-14(19(27)28)18-15-4-7-22(29,8-5-17(25)26)21(15,2)11-16-23(18,20)30-16;;/h9,14-16,18,29H,3-8,10-11H2,1-2H3,(H,25,26)(H,27,28);;/q;2*+1/p-2/t14-,15?,16-,18?,20+,21+,22-,23-;;/m1../s1. The Kier molecular flexibility index (Phi) is 7.08. The molecular weight excluding hydrogens is 434 g/mol. The summed E-state index contributed by atoms with van der Waals surface area (Å²) in [6.45, 7) is 4.07. The minimum atomic E-state index is -1.19. The number of hydrogen-bond acceptors (Lipinski definition) is 7. The molecule has 7 nitrogen and oxygen atoms in total. The molecular formula is C23H28Na2O7. The summed E-state index contributed by atoms with van der Waals surface area (Å²) in [5.74, 6) is -3.51. The minimum Gasteiger partial charge on any atom is -0.550 e. The van der Waals surface area contributed by atoms with Crippen LogP contribution in [0.15, 0.2) is 11.6 Å². The third-order valence-electron chi connectivity index (χ3n) is 9.74. The van der Waals surface area contributed by atoms with Gasteiger partial charge in [0.2, 0.25) is 0 Å². The molecule has 0 aromatic heterocycles. The van der Waals surface area contributed by atoms with Crippen LogP contribution < -0.4 is 69.3 Å². The molecule has 0 aromatic rings. The van der Waals surface area contributed by atoms with Gasteiger partial charge in [0.15, 0.2) is 5.78 Å². The molecule has 0 radical (unpaired) electrons. The van der Waals surface area contributed by atoms with Crippen LogP contribution in [-0.4, -0.2) is 40.1 Å².